The fraction of sp³-hybridized carbons (Fsp3) is 0.0588. The van der Waals surface area contributed by atoms with Gasteiger partial charge in [-0.15, -0.1) is 0 Å². The van der Waals surface area contributed by atoms with Gasteiger partial charge in [0.15, 0.2) is 0 Å². The van der Waals surface area contributed by atoms with Gasteiger partial charge in [-0.2, -0.15) is 0 Å². The second-order valence-electron chi connectivity index (χ2n) is 4.61. The molecule has 0 aliphatic rings. The zero-order valence-electron chi connectivity index (χ0n) is 10.9. The molecular formula is C17H14N2O. The van der Waals surface area contributed by atoms with Crippen molar-refractivity contribution in [1.29, 1.82) is 0 Å². The van der Waals surface area contributed by atoms with E-state index in [4.69, 9.17) is 0 Å². The second-order valence-corrected chi connectivity index (χ2v) is 4.61. The van der Waals surface area contributed by atoms with Gasteiger partial charge in [0.25, 0.3) is 0 Å². The standard InChI is InChI=1S/C17H14N2O/c20-16-8-4-5-13(10-16)9-15-11-17(19-12-18-15)14-6-2-1-3-7-14/h1-8,10-12,20H,9H2. The molecule has 0 atom stereocenters. The third-order valence-electron chi connectivity index (χ3n) is 3.09. The van der Waals surface area contributed by atoms with Gasteiger partial charge in [0, 0.05) is 17.7 Å². The van der Waals surface area contributed by atoms with Crippen molar-refractivity contribution < 1.29 is 5.11 Å². The number of phenols is 1. The molecule has 3 heteroatoms. The Morgan fingerprint density at radius 1 is 0.850 bits per heavy atom. The van der Waals surface area contributed by atoms with Crippen LogP contribution in [0.1, 0.15) is 11.3 Å². The van der Waals surface area contributed by atoms with Crippen molar-refractivity contribution in [1.82, 2.24) is 9.97 Å². The number of hydrogen-bond donors (Lipinski definition) is 1. The van der Waals surface area contributed by atoms with Crippen LogP contribution >= 0.6 is 0 Å². The van der Waals surface area contributed by atoms with E-state index in [0.29, 0.717) is 6.42 Å². The lowest BCUT2D eigenvalue weighted by atomic mass is 10.1. The van der Waals surface area contributed by atoms with Crippen molar-refractivity contribution in [2.45, 2.75) is 6.42 Å². The summed E-state index contributed by atoms with van der Waals surface area (Å²) in [6.07, 6.45) is 2.26. The molecule has 1 heterocycles. The van der Waals surface area contributed by atoms with E-state index >= 15 is 0 Å². The Kier molecular flexibility index (Phi) is 3.42. The van der Waals surface area contributed by atoms with Crippen LogP contribution in [0, 0.1) is 0 Å². The molecule has 0 spiro atoms. The van der Waals surface area contributed by atoms with Crippen LogP contribution in [-0.4, -0.2) is 15.1 Å². The quantitative estimate of drug-likeness (QED) is 0.786. The summed E-state index contributed by atoms with van der Waals surface area (Å²) < 4.78 is 0. The summed E-state index contributed by atoms with van der Waals surface area (Å²) in [5, 5.41) is 9.49. The van der Waals surface area contributed by atoms with Gasteiger partial charge in [0.1, 0.15) is 12.1 Å². The molecule has 0 aliphatic heterocycles. The van der Waals surface area contributed by atoms with Gasteiger partial charge in [-0.05, 0) is 23.8 Å². The van der Waals surface area contributed by atoms with Crippen molar-refractivity contribution >= 4 is 0 Å². The molecule has 3 nitrogen and oxygen atoms in total. The predicted molar refractivity (Wildman–Crippen MR) is 78.4 cm³/mol. The topological polar surface area (TPSA) is 46.0 Å². The summed E-state index contributed by atoms with van der Waals surface area (Å²) >= 11 is 0. The fourth-order valence-corrected chi connectivity index (χ4v) is 2.14. The smallest absolute Gasteiger partial charge is 0.116 e. The average Bonchev–Trinajstić information content (AvgIpc) is 2.48. The van der Waals surface area contributed by atoms with Crippen LogP contribution in [0.2, 0.25) is 0 Å². The van der Waals surface area contributed by atoms with E-state index in [1.165, 1.54) is 0 Å². The van der Waals surface area contributed by atoms with Crippen LogP contribution in [0.15, 0.2) is 67.0 Å². The lowest BCUT2D eigenvalue weighted by molar-refractivity contribution is 0.474. The van der Waals surface area contributed by atoms with Gasteiger partial charge in [-0.3, -0.25) is 0 Å². The molecule has 0 saturated heterocycles. The number of phenolic OH excluding ortho intramolecular Hbond substituents is 1. The minimum Gasteiger partial charge on any atom is -0.508 e. The summed E-state index contributed by atoms with van der Waals surface area (Å²) in [6, 6.07) is 19.2. The van der Waals surface area contributed by atoms with Crippen molar-refractivity contribution in [2.75, 3.05) is 0 Å². The molecule has 20 heavy (non-hydrogen) atoms. The highest BCUT2D eigenvalue weighted by atomic mass is 16.3. The normalized spacial score (nSPS) is 10.4. The molecule has 0 radical (unpaired) electrons. The molecule has 3 rings (SSSR count). The van der Waals surface area contributed by atoms with Crippen molar-refractivity contribution in [3.8, 4) is 17.0 Å². The van der Waals surface area contributed by atoms with E-state index in [1.807, 2.05) is 48.5 Å². The zero-order valence-corrected chi connectivity index (χ0v) is 10.9. The maximum Gasteiger partial charge on any atom is 0.116 e. The summed E-state index contributed by atoms with van der Waals surface area (Å²) in [5.74, 6) is 0.278. The average molecular weight is 262 g/mol. The maximum atomic E-state index is 9.49. The summed E-state index contributed by atoms with van der Waals surface area (Å²) in [5.41, 5.74) is 3.95. The number of aromatic nitrogens is 2. The number of rotatable bonds is 3. The Morgan fingerprint density at radius 3 is 2.50 bits per heavy atom. The molecule has 0 bridgehead atoms. The third-order valence-corrected chi connectivity index (χ3v) is 3.09. The van der Waals surface area contributed by atoms with Gasteiger partial charge in [-0.25, -0.2) is 9.97 Å². The van der Waals surface area contributed by atoms with Crippen LogP contribution in [0.4, 0.5) is 0 Å². The van der Waals surface area contributed by atoms with Crippen LogP contribution in [0.3, 0.4) is 0 Å². The molecule has 98 valence electrons. The largest absolute Gasteiger partial charge is 0.508 e. The number of hydrogen-bond acceptors (Lipinski definition) is 3. The highest BCUT2D eigenvalue weighted by molar-refractivity contribution is 5.58. The number of nitrogens with zero attached hydrogens (tertiary/aromatic N) is 2. The third kappa shape index (κ3) is 2.83. The maximum absolute atomic E-state index is 9.49. The van der Waals surface area contributed by atoms with Gasteiger partial charge in [-0.1, -0.05) is 42.5 Å². The number of aromatic hydroxyl groups is 1. The van der Waals surface area contributed by atoms with Gasteiger partial charge in [0.05, 0.1) is 5.69 Å². The highest BCUT2D eigenvalue weighted by Gasteiger charge is 2.03. The SMILES string of the molecule is Oc1cccc(Cc2cc(-c3ccccc3)ncn2)c1. The molecule has 0 fully saturated rings. The molecule has 0 amide bonds. The Labute approximate surface area is 117 Å². The monoisotopic (exact) mass is 262 g/mol. The van der Waals surface area contributed by atoms with Gasteiger partial charge >= 0.3 is 0 Å². The second kappa shape index (κ2) is 5.53. The lowest BCUT2D eigenvalue weighted by Crippen LogP contribution is -1.94. The van der Waals surface area contributed by atoms with Crippen molar-refractivity contribution in [3.05, 3.63) is 78.2 Å². The van der Waals surface area contributed by atoms with Crippen LogP contribution in [0.5, 0.6) is 5.75 Å². The minimum absolute atomic E-state index is 0.278. The Bertz CT molecular complexity index is 711. The van der Waals surface area contributed by atoms with Crippen LogP contribution < -0.4 is 0 Å². The first-order valence-corrected chi connectivity index (χ1v) is 6.45. The van der Waals surface area contributed by atoms with E-state index < -0.39 is 0 Å². The van der Waals surface area contributed by atoms with E-state index in [9.17, 15) is 5.11 Å². The highest BCUT2D eigenvalue weighted by Crippen LogP contribution is 2.18. The molecule has 2 aromatic carbocycles. The Hall–Kier alpha value is -2.68. The zero-order chi connectivity index (χ0) is 13.8. The molecular weight excluding hydrogens is 248 g/mol. The number of benzene rings is 2. The lowest BCUT2D eigenvalue weighted by Gasteiger charge is -2.04. The molecule has 1 aromatic heterocycles. The molecule has 0 aliphatic carbocycles. The van der Waals surface area contributed by atoms with Crippen LogP contribution in [0.25, 0.3) is 11.3 Å². The van der Waals surface area contributed by atoms with E-state index in [1.54, 1.807) is 18.5 Å². The molecule has 0 saturated carbocycles. The molecule has 0 unspecified atom stereocenters. The summed E-state index contributed by atoms with van der Waals surface area (Å²) in [7, 11) is 0. The first kappa shape index (κ1) is 12.4. The van der Waals surface area contributed by atoms with Crippen molar-refractivity contribution in [3.63, 3.8) is 0 Å². The molecule has 3 aromatic rings. The minimum atomic E-state index is 0.278. The van der Waals surface area contributed by atoms with Gasteiger partial charge < -0.3 is 5.11 Å². The van der Waals surface area contributed by atoms with Crippen molar-refractivity contribution in [2.24, 2.45) is 0 Å². The summed E-state index contributed by atoms with van der Waals surface area (Å²) in [4.78, 5) is 8.61. The Balaban J connectivity index is 1.88. The van der Waals surface area contributed by atoms with E-state index in [-0.39, 0.29) is 5.75 Å². The first-order chi connectivity index (χ1) is 9.81. The van der Waals surface area contributed by atoms with Crippen LogP contribution in [-0.2, 0) is 6.42 Å². The summed E-state index contributed by atoms with van der Waals surface area (Å²) in [6.45, 7) is 0. The Morgan fingerprint density at radius 2 is 1.70 bits per heavy atom. The predicted octanol–water partition coefficient (Wildman–Crippen LogP) is 3.44. The van der Waals surface area contributed by atoms with Gasteiger partial charge in [0.2, 0.25) is 0 Å². The fourth-order valence-electron chi connectivity index (χ4n) is 2.14. The molecule has 1 N–H and O–H groups in total. The van der Waals surface area contributed by atoms with E-state index in [0.717, 1.165) is 22.5 Å². The first-order valence-electron chi connectivity index (χ1n) is 6.45. The van der Waals surface area contributed by atoms with E-state index in [2.05, 4.69) is 9.97 Å².